The second-order valence-electron chi connectivity index (χ2n) is 6.24. The number of carbonyl (C=O) groups is 1. The van der Waals surface area contributed by atoms with Gasteiger partial charge >= 0.3 is 0 Å². The van der Waals surface area contributed by atoms with E-state index in [1.54, 1.807) is 0 Å². The van der Waals surface area contributed by atoms with Crippen molar-refractivity contribution in [1.29, 1.82) is 5.26 Å². The zero-order chi connectivity index (χ0) is 21.7. The van der Waals surface area contributed by atoms with E-state index >= 15 is 0 Å². The molecular weight excluding hydrogens is 397 g/mol. The number of carbonyl (C=O) groups excluding carboxylic acids is 1. The molecule has 0 aliphatic heterocycles. The zero-order valence-electron chi connectivity index (χ0n) is 15.5. The van der Waals surface area contributed by atoms with Gasteiger partial charge in [-0.1, -0.05) is 12.1 Å². The fraction of sp³-hybridized carbons (Fsp3) is 0.0952. The molecule has 6 nitrogen and oxygen atoms in total. The number of nitrogens with two attached hydrogens (primary N) is 1. The van der Waals surface area contributed by atoms with Gasteiger partial charge in [-0.2, -0.15) is 5.26 Å². The number of nitrogens with zero attached hydrogens (tertiary/aromatic N) is 2. The van der Waals surface area contributed by atoms with Gasteiger partial charge in [-0.15, -0.1) is 0 Å². The number of hydrogen-bond donors (Lipinski definition) is 2. The molecule has 0 saturated carbocycles. The highest BCUT2D eigenvalue weighted by Gasteiger charge is 2.15. The van der Waals surface area contributed by atoms with Crippen LogP contribution >= 0.6 is 0 Å². The Kier molecular flexibility index (Phi) is 6.29. The van der Waals surface area contributed by atoms with Crippen LogP contribution in [0.1, 0.15) is 16.7 Å². The summed E-state index contributed by atoms with van der Waals surface area (Å²) in [6.45, 7) is -0.169. The summed E-state index contributed by atoms with van der Waals surface area (Å²) in [5, 5.41) is 8.77. The first kappa shape index (κ1) is 20.8. The van der Waals surface area contributed by atoms with Crippen molar-refractivity contribution in [3.8, 4) is 23.2 Å². The van der Waals surface area contributed by atoms with Gasteiger partial charge in [0.1, 0.15) is 24.1 Å². The Morgan fingerprint density at radius 2 is 1.83 bits per heavy atom. The van der Waals surface area contributed by atoms with Crippen LogP contribution in [0.25, 0.3) is 11.3 Å². The van der Waals surface area contributed by atoms with Gasteiger partial charge in [0.25, 0.3) is 0 Å². The lowest BCUT2D eigenvalue weighted by molar-refractivity contribution is -0.120. The Hall–Kier alpha value is -3.90. The first-order valence-electron chi connectivity index (χ1n) is 8.67. The average Bonchev–Trinajstić information content (AvgIpc) is 2.75. The summed E-state index contributed by atoms with van der Waals surface area (Å²) >= 11 is 0. The normalized spacial score (nSPS) is 10.4. The lowest BCUT2D eigenvalue weighted by Gasteiger charge is -2.10. The summed E-state index contributed by atoms with van der Waals surface area (Å²) in [4.78, 5) is 15.4. The first-order chi connectivity index (χ1) is 14.4. The molecule has 3 N–H and O–H groups in total. The summed E-state index contributed by atoms with van der Waals surface area (Å²) in [5.41, 5.74) is 2.06. The van der Waals surface area contributed by atoms with Crippen LogP contribution in [0, 0.1) is 28.8 Å². The van der Waals surface area contributed by atoms with Gasteiger partial charge in [-0.25, -0.2) is 24.0 Å². The summed E-state index contributed by atoms with van der Waals surface area (Å²) in [7, 11) is 0. The minimum atomic E-state index is -0.789. The molecule has 0 atom stereocenters. The van der Waals surface area contributed by atoms with Crippen molar-refractivity contribution < 1.29 is 22.7 Å². The molecule has 152 valence electrons. The smallest absolute Gasteiger partial charge is 0.238 e. The molecule has 1 aromatic heterocycles. The number of nitrogens with one attached hydrogen (secondary N) is 1. The van der Waals surface area contributed by atoms with E-state index < -0.39 is 29.8 Å². The standard InChI is InChI=1S/C21H15F3N4O2/c22-16-6-12(10-25)4-5-13(16)11-30-21-3-1-2-19(27-21)15-9-17(23)14(7-18(15)24)8-20(29)28-26/h1-7,9H,8,11,26H2,(H,28,29). The highest BCUT2D eigenvalue weighted by Crippen LogP contribution is 2.26. The number of benzene rings is 2. The molecule has 3 aromatic rings. The van der Waals surface area contributed by atoms with E-state index in [9.17, 15) is 18.0 Å². The predicted molar refractivity (Wildman–Crippen MR) is 101 cm³/mol. The Morgan fingerprint density at radius 3 is 2.53 bits per heavy atom. The van der Waals surface area contributed by atoms with E-state index in [-0.39, 0.29) is 40.4 Å². The number of hydrogen-bond acceptors (Lipinski definition) is 5. The van der Waals surface area contributed by atoms with Crippen molar-refractivity contribution in [3.63, 3.8) is 0 Å². The van der Waals surface area contributed by atoms with Crippen LogP contribution < -0.4 is 16.0 Å². The molecule has 1 amide bonds. The molecule has 9 heteroatoms. The van der Waals surface area contributed by atoms with E-state index in [0.717, 1.165) is 18.2 Å². The third-order valence-corrected chi connectivity index (χ3v) is 4.21. The van der Waals surface area contributed by atoms with Crippen LogP contribution in [0.5, 0.6) is 5.88 Å². The molecule has 0 aliphatic carbocycles. The van der Waals surface area contributed by atoms with Crippen LogP contribution in [-0.2, 0) is 17.8 Å². The largest absolute Gasteiger partial charge is 0.473 e. The molecule has 2 aromatic carbocycles. The Bertz CT molecular complexity index is 1150. The van der Waals surface area contributed by atoms with Crippen LogP contribution in [0.4, 0.5) is 13.2 Å². The average molecular weight is 412 g/mol. The monoisotopic (exact) mass is 412 g/mol. The highest BCUT2D eigenvalue weighted by molar-refractivity contribution is 5.78. The zero-order valence-corrected chi connectivity index (χ0v) is 15.5. The quantitative estimate of drug-likeness (QED) is 0.368. The maximum atomic E-state index is 14.5. The fourth-order valence-electron chi connectivity index (χ4n) is 2.67. The predicted octanol–water partition coefficient (Wildman–Crippen LogP) is 3.15. The van der Waals surface area contributed by atoms with Crippen molar-refractivity contribution in [2.45, 2.75) is 13.0 Å². The second-order valence-corrected chi connectivity index (χ2v) is 6.24. The molecule has 0 fully saturated rings. The van der Waals surface area contributed by atoms with Crippen LogP contribution in [-0.4, -0.2) is 10.9 Å². The number of halogens is 3. The van der Waals surface area contributed by atoms with Gasteiger partial charge in [-0.05, 0) is 30.3 Å². The third-order valence-electron chi connectivity index (χ3n) is 4.21. The van der Waals surface area contributed by atoms with E-state index in [2.05, 4.69) is 4.98 Å². The molecule has 0 bridgehead atoms. The first-order valence-corrected chi connectivity index (χ1v) is 8.67. The molecule has 0 saturated heterocycles. The minimum absolute atomic E-state index is 0.0719. The second kappa shape index (κ2) is 9.07. The molecule has 0 unspecified atom stereocenters. The highest BCUT2D eigenvalue weighted by atomic mass is 19.1. The molecule has 0 aliphatic rings. The molecule has 3 rings (SSSR count). The van der Waals surface area contributed by atoms with Gasteiger partial charge in [0, 0.05) is 22.8 Å². The lowest BCUT2D eigenvalue weighted by atomic mass is 10.0. The van der Waals surface area contributed by atoms with Gasteiger partial charge in [0.05, 0.1) is 23.7 Å². The van der Waals surface area contributed by atoms with E-state index in [4.69, 9.17) is 15.8 Å². The molecule has 1 heterocycles. The fourth-order valence-corrected chi connectivity index (χ4v) is 2.67. The number of ether oxygens (including phenoxy) is 1. The molecule has 0 spiro atoms. The van der Waals surface area contributed by atoms with Gasteiger partial charge in [-0.3, -0.25) is 10.2 Å². The third kappa shape index (κ3) is 4.74. The van der Waals surface area contributed by atoms with Crippen molar-refractivity contribution in [2.24, 2.45) is 5.84 Å². The molecular formula is C21H15F3N4O2. The minimum Gasteiger partial charge on any atom is -0.473 e. The van der Waals surface area contributed by atoms with Gasteiger partial charge < -0.3 is 4.74 Å². The number of rotatable bonds is 6. The van der Waals surface area contributed by atoms with Crippen LogP contribution in [0.15, 0.2) is 48.5 Å². The van der Waals surface area contributed by atoms with Gasteiger partial charge in [0.15, 0.2) is 0 Å². The summed E-state index contributed by atoms with van der Waals surface area (Å²) in [5.74, 6) is 2.20. The van der Waals surface area contributed by atoms with Crippen LogP contribution in [0.3, 0.4) is 0 Å². The Labute approximate surface area is 169 Å². The maximum Gasteiger partial charge on any atom is 0.238 e. The maximum absolute atomic E-state index is 14.5. The molecule has 30 heavy (non-hydrogen) atoms. The van der Waals surface area contributed by atoms with E-state index in [1.165, 1.54) is 30.3 Å². The van der Waals surface area contributed by atoms with E-state index in [0.29, 0.717) is 0 Å². The number of amides is 1. The molecule has 0 radical (unpaired) electrons. The van der Waals surface area contributed by atoms with Crippen molar-refractivity contribution in [1.82, 2.24) is 10.4 Å². The number of nitriles is 1. The van der Waals surface area contributed by atoms with Crippen molar-refractivity contribution >= 4 is 5.91 Å². The Morgan fingerprint density at radius 1 is 1.07 bits per heavy atom. The summed E-state index contributed by atoms with van der Waals surface area (Å²) < 4.78 is 48.2. The van der Waals surface area contributed by atoms with Crippen molar-refractivity contribution in [2.75, 3.05) is 0 Å². The lowest BCUT2D eigenvalue weighted by Crippen LogP contribution is -2.31. The number of pyridine rings is 1. The number of hydrazine groups is 1. The topological polar surface area (TPSA) is 101 Å². The number of aromatic nitrogens is 1. The van der Waals surface area contributed by atoms with E-state index in [1.807, 2.05) is 11.5 Å². The van der Waals surface area contributed by atoms with Crippen molar-refractivity contribution in [3.05, 3.63) is 82.7 Å². The summed E-state index contributed by atoms with van der Waals surface area (Å²) in [6.07, 6.45) is -0.410. The van der Waals surface area contributed by atoms with Gasteiger partial charge in [0.2, 0.25) is 11.8 Å². The van der Waals surface area contributed by atoms with Crippen LogP contribution in [0.2, 0.25) is 0 Å². The Balaban J connectivity index is 1.81. The summed E-state index contributed by atoms with van der Waals surface area (Å²) in [6, 6.07) is 12.1. The SMILES string of the molecule is N#Cc1ccc(COc2cccc(-c3cc(F)c(CC(=O)NN)cc3F)n2)c(F)c1.